The Balaban J connectivity index is 4.79. The quantitative estimate of drug-likeness (QED) is 0.0197. The van der Waals surface area contributed by atoms with Crippen molar-refractivity contribution >= 4 is 25.7 Å². The zero-order valence-electron chi connectivity index (χ0n) is 47.3. The van der Waals surface area contributed by atoms with Crippen LogP contribution < -0.4 is 0 Å². The van der Waals surface area contributed by atoms with Crippen molar-refractivity contribution in [3.8, 4) is 0 Å². The van der Waals surface area contributed by atoms with Gasteiger partial charge in [-0.15, -0.1) is 0 Å². The fourth-order valence-electron chi connectivity index (χ4n) is 8.13. The van der Waals surface area contributed by atoms with Gasteiger partial charge in [0.1, 0.15) is 12.7 Å². The monoisotopic (exact) mass is 1060 g/mol. The van der Waals surface area contributed by atoms with Crippen molar-refractivity contribution in [2.75, 3.05) is 26.4 Å². The molecule has 0 aromatic carbocycles. The van der Waals surface area contributed by atoms with Gasteiger partial charge in [-0.3, -0.25) is 23.4 Å². The fourth-order valence-corrected chi connectivity index (χ4v) is 8.92. The molecule has 0 fully saturated rings. The van der Waals surface area contributed by atoms with Gasteiger partial charge in [0.05, 0.1) is 26.2 Å². The van der Waals surface area contributed by atoms with Crippen LogP contribution >= 0.6 is 7.82 Å². The van der Waals surface area contributed by atoms with E-state index >= 15 is 0 Å². The highest BCUT2D eigenvalue weighted by atomic mass is 31.2. The Bertz CT molecular complexity index is 1520. The largest absolute Gasteiger partial charge is 0.472 e. The standard InChI is InChI=1S/C62H109O11P/c1-4-7-10-13-16-19-22-25-28-29-32-35-38-41-44-47-50-53-62(66)73-59(55-69-60(64)51-48-45-42-39-36-33-30-26-23-20-17-14-11-8-5-2)57-71-74(67,68)70-56-58(54-63)72-61(65)52-49-46-43-40-37-34-31-27-24-21-18-15-12-9-6-3/h9,12,18,21,25,27-28,31,37,40,46,49,58-59,63H,4-8,10-11,13-17,19-20,22-24,26,29-30,32-36,38-39,41-45,47-48,50-57H2,1-3H3,(H,67,68)/b12-9-,21-18-,28-25-,31-27-,40-37-,49-46-. The van der Waals surface area contributed by atoms with Crippen molar-refractivity contribution in [3.05, 3.63) is 72.9 Å². The molecule has 12 heteroatoms. The lowest BCUT2D eigenvalue weighted by Gasteiger charge is -2.21. The number of ether oxygens (including phenoxy) is 3. The van der Waals surface area contributed by atoms with Crippen molar-refractivity contribution in [1.29, 1.82) is 0 Å². The minimum atomic E-state index is -4.77. The van der Waals surface area contributed by atoms with Crippen LogP contribution in [0.2, 0.25) is 0 Å². The van der Waals surface area contributed by atoms with Crippen LogP contribution in [0.3, 0.4) is 0 Å². The Kier molecular flexibility index (Phi) is 53.8. The van der Waals surface area contributed by atoms with Gasteiger partial charge in [-0.05, 0) is 70.6 Å². The van der Waals surface area contributed by atoms with E-state index in [0.717, 1.165) is 77.0 Å². The van der Waals surface area contributed by atoms with Crippen molar-refractivity contribution in [3.63, 3.8) is 0 Å². The highest BCUT2D eigenvalue weighted by Crippen LogP contribution is 2.43. The smallest absolute Gasteiger partial charge is 0.462 e. The van der Waals surface area contributed by atoms with E-state index in [4.69, 9.17) is 23.3 Å². The second-order valence-corrected chi connectivity index (χ2v) is 21.3. The maximum Gasteiger partial charge on any atom is 0.472 e. The molecule has 3 atom stereocenters. The van der Waals surface area contributed by atoms with Gasteiger partial charge in [0.25, 0.3) is 0 Å². The van der Waals surface area contributed by atoms with Gasteiger partial charge < -0.3 is 24.2 Å². The summed E-state index contributed by atoms with van der Waals surface area (Å²) in [7, 11) is -4.77. The molecule has 74 heavy (non-hydrogen) atoms. The first-order valence-corrected chi connectivity index (χ1v) is 31.3. The Morgan fingerprint density at radius 2 is 0.757 bits per heavy atom. The highest BCUT2D eigenvalue weighted by Gasteiger charge is 2.28. The van der Waals surface area contributed by atoms with Crippen molar-refractivity contribution < 1.29 is 52.2 Å². The number of carbonyl (C=O) groups excluding carboxylic acids is 3. The predicted octanol–water partition coefficient (Wildman–Crippen LogP) is 17.7. The summed E-state index contributed by atoms with van der Waals surface area (Å²) in [4.78, 5) is 48.5. The number of phosphoric acid groups is 1. The summed E-state index contributed by atoms with van der Waals surface area (Å²) in [5.41, 5.74) is 0. The van der Waals surface area contributed by atoms with Crippen molar-refractivity contribution in [2.45, 2.75) is 277 Å². The van der Waals surface area contributed by atoms with E-state index in [1.807, 2.05) is 18.2 Å². The first kappa shape index (κ1) is 70.9. The maximum absolute atomic E-state index is 12.9. The van der Waals surface area contributed by atoms with Crippen LogP contribution in [0.1, 0.15) is 265 Å². The zero-order chi connectivity index (χ0) is 54.1. The summed E-state index contributed by atoms with van der Waals surface area (Å²) in [5.74, 6) is -1.60. The molecule has 0 aliphatic carbocycles. The van der Waals surface area contributed by atoms with E-state index in [9.17, 15) is 28.9 Å². The molecule has 2 N–H and O–H groups in total. The van der Waals surface area contributed by atoms with Crippen LogP contribution in [0.4, 0.5) is 0 Å². The molecule has 428 valence electrons. The first-order valence-electron chi connectivity index (χ1n) is 29.8. The summed E-state index contributed by atoms with van der Waals surface area (Å²) in [5, 5.41) is 9.80. The molecule has 0 amide bonds. The number of allylic oxidation sites excluding steroid dienone is 11. The lowest BCUT2D eigenvalue weighted by Crippen LogP contribution is -2.30. The third-order valence-corrected chi connectivity index (χ3v) is 13.6. The average molecular weight is 1060 g/mol. The predicted molar refractivity (Wildman–Crippen MR) is 307 cm³/mol. The number of rotatable bonds is 55. The minimum Gasteiger partial charge on any atom is -0.462 e. The van der Waals surface area contributed by atoms with Crippen molar-refractivity contribution in [2.24, 2.45) is 0 Å². The summed E-state index contributed by atoms with van der Waals surface area (Å²) < 4.78 is 39.4. The van der Waals surface area contributed by atoms with Crippen LogP contribution in [0.25, 0.3) is 0 Å². The summed E-state index contributed by atoms with van der Waals surface area (Å²) >= 11 is 0. The minimum absolute atomic E-state index is 0.0556. The molecule has 0 aromatic heterocycles. The number of phosphoric ester groups is 1. The Morgan fingerprint density at radius 1 is 0.405 bits per heavy atom. The number of carbonyl (C=O) groups is 3. The molecule has 0 rings (SSSR count). The third kappa shape index (κ3) is 53.7. The molecule has 0 aliphatic heterocycles. The molecule has 0 aliphatic rings. The van der Waals surface area contributed by atoms with Gasteiger partial charge in [-0.1, -0.05) is 248 Å². The van der Waals surface area contributed by atoms with E-state index in [0.29, 0.717) is 19.3 Å². The average Bonchev–Trinajstić information content (AvgIpc) is 3.39. The summed E-state index contributed by atoms with van der Waals surface area (Å²) in [6, 6.07) is 0. The molecule has 11 nitrogen and oxygen atoms in total. The molecule has 0 spiro atoms. The van der Waals surface area contributed by atoms with E-state index in [1.165, 1.54) is 128 Å². The first-order chi connectivity index (χ1) is 36.2. The van der Waals surface area contributed by atoms with Crippen molar-refractivity contribution in [1.82, 2.24) is 0 Å². The van der Waals surface area contributed by atoms with Gasteiger partial charge in [0, 0.05) is 12.8 Å². The molecular formula is C62H109O11P. The SMILES string of the molecule is CC/C=C\C/C=C\C/C=C\C/C=C\C/C=C\CC(=O)OC(CO)COP(=O)(O)OCC(COC(=O)CCCCCCCCCCCCCCCCC)OC(=O)CCCCCCCCC/C=C\CCCCCCCC. The number of aliphatic hydroxyl groups excluding tert-OH is 1. The van der Waals surface area contributed by atoms with Gasteiger partial charge in [-0.25, -0.2) is 4.57 Å². The Hall–Kier alpha value is -3.08. The molecule has 3 unspecified atom stereocenters. The lowest BCUT2D eigenvalue weighted by atomic mass is 10.0. The number of unbranched alkanes of at least 4 members (excludes halogenated alkanes) is 27. The number of esters is 3. The summed E-state index contributed by atoms with van der Waals surface area (Å²) in [6.45, 7) is 4.44. The van der Waals surface area contributed by atoms with Gasteiger partial charge in [-0.2, -0.15) is 0 Å². The second kappa shape index (κ2) is 56.1. The molecule has 0 radical (unpaired) electrons. The van der Waals surface area contributed by atoms with E-state index < -0.39 is 57.8 Å². The number of aliphatic hydroxyl groups is 1. The Morgan fingerprint density at radius 3 is 1.18 bits per heavy atom. The molecule has 0 heterocycles. The van der Waals surface area contributed by atoms with Crippen LogP contribution in [0, 0.1) is 0 Å². The normalized spacial score (nSPS) is 13.9. The zero-order valence-corrected chi connectivity index (χ0v) is 48.2. The lowest BCUT2D eigenvalue weighted by molar-refractivity contribution is -0.161. The molecule has 0 saturated carbocycles. The van der Waals surface area contributed by atoms with E-state index in [-0.39, 0.29) is 25.9 Å². The number of hydrogen-bond donors (Lipinski definition) is 2. The summed E-state index contributed by atoms with van der Waals surface area (Å²) in [6.07, 6.45) is 63.1. The van der Waals surface area contributed by atoms with Crippen LogP contribution in [0.15, 0.2) is 72.9 Å². The molecule has 0 aromatic rings. The van der Waals surface area contributed by atoms with Gasteiger partial charge >= 0.3 is 25.7 Å². The molecular weight excluding hydrogens is 952 g/mol. The van der Waals surface area contributed by atoms with E-state index in [1.54, 1.807) is 6.08 Å². The van der Waals surface area contributed by atoms with E-state index in [2.05, 4.69) is 69.4 Å². The third-order valence-electron chi connectivity index (χ3n) is 12.6. The molecule has 0 saturated heterocycles. The highest BCUT2D eigenvalue weighted by molar-refractivity contribution is 7.47. The van der Waals surface area contributed by atoms with Crippen LogP contribution in [0.5, 0.6) is 0 Å². The second-order valence-electron chi connectivity index (χ2n) is 19.8. The Labute approximate surface area is 452 Å². The molecule has 0 bridgehead atoms. The van der Waals surface area contributed by atoms with Gasteiger partial charge in [0.2, 0.25) is 0 Å². The number of hydrogen-bond acceptors (Lipinski definition) is 10. The maximum atomic E-state index is 12.9. The fraction of sp³-hybridized carbons (Fsp3) is 0.758. The topological polar surface area (TPSA) is 155 Å². The van der Waals surface area contributed by atoms with Crippen LogP contribution in [-0.4, -0.2) is 66.5 Å². The van der Waals surface area contributed by atoms with Crippen LogP contribution in [-0.2, 0) is 42.2 Å². The van der Waals surface area contributed by atoms with Gasteiger partial charge in [0.15, 0.2) is 6.10 Å².